The average molecular weight is 713 g/mol. The highest BCUT2D eigenvalue weighted by Gasteiger charge is 2.39. The van der Waals surface area contributed by atoms with Gasteiger partial charge in [0, 0.05) is 83.8 Å². The van der Waals surface area contributed by atoms with E-state index in [0.717, 1.165) is 74.9 Å². The summed E-state index contributed by atoms with van der Waals surface area (Å²) < 4.78 is 70.1. The monoisotopic (exact) mass is 712 g/mol. The summed E-state index contributed by atoms with van der Waals surface area (Å²) >= 11 is 0. The van der Waals surface area contributed by atoms with Crippen molar-refractivity contribution >= 4 is 30.6 Å². The number of halogens is 4. The molecule has 2 aromatic heterocycles. The molecule has 0 radical (unpaired) electrons. The van der Waals surface area contributed by atoms with Crippen LogP contribution in [0.25, 0.3) is 33.8 Å². The molecular formula is C37H48F4N6O2Si. The molecule has 0 amide bonds. The number of methoxy groups -OCH3 is 1. The minimum absolute atomic E-state index is 0.0402. The lowest BCUT2D eigenvalue weighted by Gasteiger charge is -2.44. The highest BCUT2D eigenvalue weighted by atomic mass is 28.3. The van der Waals surface area contributed by atoms with Gasteiger partial charge in [0.2, 0.25) is 0 Å². The van der Waals surface area contributed by atoms with Crippen LogP contribution in [0.1, 0.15) is 24.8 Å². The molecule has 2 aliphatic rings. The fourth-order valence-electron chi connectivity index (χ4n) is 6.95. The molecule has 1 aliphatic carbocycles. The predicted octanol–water partition coefficient (Wildman–Crippen LogP) is 7.90. The van der Waals surface area contributed by atoms with E-state index in [1.165, 1.54) is 0 Å². The first-order valence-electron chi connectivity index (χ1n) is 17.4. The topological polar surface area (TPSA) is 67.7 Å². The number of pyridine rings is 1. The first kappa shape index (κ1) is 36.3. The molecule has 50 heavy (non-hydrogen) atoms. The molecule has 0 unspecified atom stereocenters. The molecule has 2 fully saturated rings. The highest BCUT2D eigenvalue weighted by molar-refractivity contribution is 6.76. The average Bonchev–Trinajstić information content (AvgIpc) is 3.43. The summed E-state index contributed by atoms with van der Waals surface area (Å²) in [7, 11) is 2.28. The minimum Gasteiger partial charge on any atom is -0.384 e. The molecule has 6 rings (SSSR count). The Labute approximate surface area is 292 Å². The van der Waals surface area contributed by atoms with Crippen molar-refractivity contribution in [1.29, 1.82) is 0 Å². The molecule has 270 valence electrons. The fourth-order valence-corrected chi connectivity index (χ4v) is 7.71. The van der Waals surface area contributed by atoms with Crippen LogP contribution in [0.5, 0.6) is 0 Å². The number of aromatic nitrogens is 3. The van der Waals surface area contributed by atoms with E-state index in [0.29, 0.717) is 48.5 Å². The normalized spacial score (nSPS) is 16.5. The quantitative estimate of drug-likeness (QED) is 0.0859. The van der Waals surface area contributed by atoms with Crippen molar-refractivity contribution in [3.05, 3.63) is 59.9 Å². The maximum Gasteiger partial charge on any atom is 0.416 e. The number of hydrogen-bond donors (Lipinski definition) is 1. The maximum atomic E-state index is 14.8. The summed E-state index contributed by atoms with van der Waals surface area (Å²) in [5.41, 5.74) is 2.91. The largest absolute Gasteiger partial charge is 0.416 e. The van der Waals surface area contributed by atoms with Crippen LogP contribution >= 0.6 is 0 Å². The molecule has 0 atom stereocenters. The van der Waals surface area contributed by atoms with Gasteiger partial charge in [0.1, 0.15) is 23.9 Å². The number of benzene rings is 2. The van der Waals surface area contributed by atoms with Gasteiger partial charge in [-0.2, -0.15) is 13.2 Å². The van der Waals surface area contributed by atoms with Gasteiger partial charge >= 0.3 is 6.18 Å². The van der Waals surface area contributed by atoms with Gasteiger partial charge in [-0.1, -0.05) is 26.1 Å². The summed E-state index contributed by atoms with van der Waals surface area (Å²) in [4.78, 5) is 14.5. The number of imidazole rings is 1. The number of rotatable bonds is 13. The number of hydrogen-bond acceptors (Lipinski definition) is 7. The Morgan fingerprint density at radius 1 is 0.980 bits per heavy atom. The van der Waals surface area contributed by atoms with E-state index in [1.807, 2.05) is 23.7 Å². The minimum atomic E-state index is -4.71. The SMILES string of the molecule is COCC1(CN(C)c2cc(-c3cc(F)cc(C(F)(F)F)c3)nc3c2nc(-c2ccc(N4CCNCC4)cc2)n3COCC[Si](C)(C)C)CCC1. The molecule has 4 aromatic rings. The Hall–Kier alpha value is -3.52. The maximum absolute atomic E-state index is 14.8. The third-order valence-corrected chi connectivity index (χ3v) is 11.6. The zero-order chi connectivity index (χ0) is 35.7. The van der Waals surface area contributed by atoms with Crippen LogP contribution in [0, 0.1) is 11.2 Å². The molecule has 13 heteroatoms. The molecule has 0 bridgehead atoms. The van der Waals surface area contributed by atoms with Gasteiger partial charge in [0.15, 0.2) is 5.65 Å². The Morgan fingerprint density at radius 3 is 2.32 bits per heavy atom. The molecule has 1 aliphatic heterocycles. The number of anilines is 2. The van der Waals surface area contributed by atoms with E-state index in [2.05, 4.69) is 46.9 Å². The lowest BCUT2D eigenvalue weighted by Crippen LogP contribution is -2.44. The van der Waals surface area contributed by atoms with Crippen molar-refractivity contribution < 1.29 is 27.0 Å². The summed E-state index contributed by atoms with van der Waals surface area (Å²) in [5, 5.41) is 3.39. The van der Waals surface area contributed by atoms with E-state index >= 15 is 0 Å². The van der Waals surface area contributed by atoms with Crippen molar-refractivity contribution in [2.45, 2.75) is 57.9 Å². The smallest absolute Gasteiger partial charge is 0.384 e. The van der Waals surface area contributed by atoms with Gasteiger partial charge in [-0.3, -0.25) is 4.57 Å². The van der Waals surface area contributed by atoms with Crippen LogP contribution in [0.15, 0.2) is 48.5 Å². The Balaban J connectivity index is 1.50. The van der Waals surface area contributed by atoms with Gasteiger partial charge in [-0.15, -0.1) is 0 Å². The number of alkyl halides is 3. The fraction of sp³-hybridized carbons (Fsp3) is 0.514. The third-order valence-electron chi connectivity index (χ3n) is 9.88. The molecule has 8 nitrogen and oxygen atoms in total. The number of piperazine rings is 1. The van der Waals surface area contributed by atoms with Crippen molar-refractivity contribution in [2.24, 2.45) is 5.41 Å². The molecule has 3 heterocycles. The molecule has 1 N–H and O–H groups in total. The van der Waals surface area contributed by atoms with Crippen LogP contribution in [-0.4, -0.2) is 82.7 Å². The van der Waals surface area contributed by atoms with Crippen LogP contribution in [0.2, 0.25) is 25.7 Å². The van der Waals surface area contributed by atoms with Gasteiger partial charge < -0.3 is 24.6 Å². The van der Waals surface area contributed by atoms with E-state index < -0.39 is 25.6 Å². The second-order valence-corrected chi connectivity index (χ2v) is 20.7. The predicted molar refractivity (Wildman–Crippen MR) is 194 cm³/mol. The van der Waals surface area contributed by atoms with E-state index in [9.17, 15) is 17.6 Å². The van der Waals surface area contributed by atoms with Crippen molar-refractivity contribution in [1.82, 2.24) is 19.9 Å². The second kappa shape index (κ2) is 14.6. The van der Waals surface area contributed by atoms with E-state index in [-0.39, 0.29) is 23.4 Å². The van der Waals surface area contributed by atoms with Gasteiger partial charge in [0.05, 0.1) is 23.6 Å². The summed E-state index contributed by atoms with van der Waals surface area (Å²) in [6.07, 6.45) is -1.59. The van der Waals surface area contributed by atoms with E-state index in [1.54, 1.807) is 13.2 Å². The lowest BCUT2D eigenvalue weighted by molar-refractivity contribution is -0.137. The second-order valence-electron chi connectivity index (χ2n) is 15.1. The van der Waals surface area contributed by atoms with Crippen molar-refractivity contribution in [3.63, 3.8) is 0 Å². The molecule has 2 aromatic carbocycles. The first-order chi connectivity index (χ1) is 23.7. The standard InChI is InChI=1S/C37H48F4N6O2Si/c1-45(23-36(24-48-2)11-6-12-36)32-22-31(27-19-28(37(39,40)41)21-29(38)20-27)43-35-33(32)44-34(47(35)25-49-17-18-50(3,4)5)26-7-9-30(10-8-26)46-15-13-42-14-16-46/h7-10,19-22,42H,6,11-18,23-25H2,1-5H3. The molecular weight excluding hydrogens is 665 g/mol. The number of nitrogens with one attached hydrogen (secondary N) is 1. The molecule has 0 spiro atoms. The summed E-state index contributed by atoms with van der Waals surface area (Å²) in [5.74, 6) is -0.335. The number of nitrogens with zero attached hydrogens (tertiary/aromatic N) is 5. The van der Waals surface area contributed by atoms with Crippen LogP contribution < -0.4 is 15.1 Å². The highest BCUT2D eigenvalue weighted by Crippen LogP contribution is 2.44. The lowest BCUT2D eigenvalue weighted by atomic mass is 9.69. The zero-order valence-electron chi connectivity index (χ0n) is 29.7. The zero-order valence-corrected chi connectivity index (χ0v) is 30.7. The summed E-state index contributed by atoms with van der Waals surface area (Å²) in [6.45, 7) is 12.5. The Kier molecular flexibility index (Phi) is 10.6. The first-order valence-corrected chi connectivity index (χ1v) is 21.1. The molecule has 1 saturated carbocycles. The van der Waals surface area contributed by atoms with Crippen LogP contribution in [0.4, 0.5) is 28.9 Å². The Bertz CT molecular complexity index is 1780. The third kappa shape index (κ3) is 8.16. The van der Waals surface area contributed by atoms with Crippen molar-refractivity contribution in [3.8, 4) is 22.6 Å². The number of fused-ring (bicyclic) bond motifs is 1. The van der Waals surface area contributed by atoms with Gasteiger partial charge in [-0.25, -0.2) is 14.4 Å². The van der Waals surface area contributed by atoms with Gasteiger partial charge in [0.25, 0.3) is 0 Å². The van der Waals surface area contributed by atoms with Crippen LogP contribution in [0.3, 0.4) is 0 Å². The van der Waals surface area contributed by atoms with Crippen molar-refractivity contribution in [2.75, 3.05) is 69.9 Å². The van der Waals surface area contributed by atoms with Gasteiger partial charge in [-0.05, 0) is 67.4 Å². The van der Waals surface area contributed by atoms with Crippen LogP contribution in [-0.2, 0) is 22.4 Å². The Morgan fingerprint density at radius 2 is 1.70 bits per heavy atom. The number of ether oxygens (including phenoxy) is 2. The van der Waals surface area contributed by atoms with E-state index in [4.69, 9.17) is 19.4 Å². The molecule has 1 saturated heterocycles. The summed E-state index contributed by atoms with van der Waals surface area (Å²) in [6, 6.07) is 13.6.